The van der Waals surface area contributed by atoms with Crippen molar-refractivity contribution in [1.29, 1.82) is 0 Å². The lowest BCUT2D eigenvalue weighted by molar-refractivity contribution is -0.121. The van der Waals surface area contributed by atoms with Crippen molar-refractivity contribution in [2.24, 2.45) is 0 Å². The lowest BCUT2D eigenvalue weighted by atomic mass is 10.2. The van der Waals surface area contributed by atoms with Crippen LogP contribution in [0.4, 0.5) is 4.79 Å². The Balaban J connectivity index is 2.14. The van der Waals surface area contributed by atoms with E-state index in [2.05, 4.69) is 12.2 Å². The molecule has 0 saturated carbocycles. The van der Waals surface area contributed by atoms with Gasteiger partial charge in [0.15, 0.2) is 0 Å². The van der Waals surface area contributed by atoms with Gasteiger partial charge in [-0.3, -0.25) is 4.79 Å². The molecule has 98 valence electrons. The molecular weight excluding hydrogens is 222 g/mol. The zero-order chi connectivity index (χ0) is 12.5. The van der Waals surface area contributed by atoms with E-state index < -0.39 is 6.16 Å². The second-order valence-corrected chi connectivity index (χ2v) is 4.24. The Morgan fingerprint density at radius 1 is 1.47 bits per heavy atom. The molecular formula is C12H21NO4. The Bertz CT molecular complexity index is 255. The molecule has 17 heavy (non-hydrogen) atoms. The standard InChI is InChI=1S/C12H21NO4/c1-2-3-4-8-16-12(15)17-10-6-5-7-11(14)13-9-10/h10H,2-9H2,1H3,(H,13,14). The van der Waals surface area contributed by atoms with E-state index in [0.29, 0.717) is 26.0 Å². The van der Waals surface area contributed by atoms with Gasteiger partial charge in [-0.2, -0.15) is 0 Å². The third kappa shape index (κ3) is 6.14. The molecule has 1 aliphatic heterocycles. The van der Waals surface area contributed by atoms with E-state index in [0.717, 1.165) is 25.7 Å². The zero-order valence-corrected chi connectivity index (χ0v) is 10.4. The maximum Gasteiger partial charge on any atom is 0.508 e. The van der Waals surface area contributed by atoms with Gasteiger partial charge in [0.1, 0.15) is 6.10 Å². The number of nitrogens with one attached hydrogen (secondary N) is 1. The van der Waals surface area contributed by atoms with Gasteiger partial charge in [0.25, 0.3) is 0 Å². The first-order chi connectivity index (χ1) is 8.22. The third-order valence-corrected chi connectivity index (χ3v) is 2.69. The van der Waals surface area contributed by atoms with Crippen molar-refractivity contribution in [2.75, 3.05) is 13.2 Å². The van der Waals surface area contributed by atoms with Gasteiger partial charge >= 0.3 is 6.16 Å². The Kier molecular flexibility index (Phi) is 6.43. The van der Waals surface area contributed by atoms with Crippen LogP contribution in [0.25, 0.3) is 0 Å². The van der Waals surface area contributed by atoms with Gasteiger partial charge in [0, 0.05) is 6.42 Å². The van der Waals surface area contributed by atoms with Crippen LogP contribution in [0.1, 0.15) is 45.4 Å². The highest BCUT2D eigenvalue weighted by molar-refractivity contribution is 5.76. The first-order valence-electron chi connectivity index (χ1n) is 6.32. The molecule has 5 heteroatoms. The normalized spacial score (nSPS) is 20.3. The summed E-state index contributed by atoms with van der Waals surface area (Å²) in [5, 5.41) is 2.70. The third-order valence-electron chi connectivity index (χ3n) is 2.69. The summed E-state index contributed by atoms with van der Waals surface area (Å²) >= 11 is 0. The molecule has 0 aromatic rings. The molecule has 0 radical (unpaired) electrons. The van der Waals surface area contributed by atoms with Crippen molar-refractivity contribution in [3.05, 3.63) is 0 Å². The molecule has 1 saturated heterocycles. The first-order valence-corrected chi connectivity index (χ1v) is 6.32. The summed E-state index contributed by atoms with van der Waals surface area (Å²) in [5.41, 5.74) is 0. The van der Waals surface area contributed by atoms with Gasteiger partial charge in [-0.05, 0) is 19.3 Å². The van der Waals surface area contributed by atoms with E-state index in [-0.39, 0.29) is 12.0 Å². The number of carbonyl (C=O) groups is 2. The van der Waals surface area contributed by atoms with Crippen LogP contribution < -0.4 is 5.32 Å². The number of carbonyl (C=O) groups excluding carboxylic acids is 2. The quantitative estimate of drug-likeness (QED) is 0.592. The predicted molar refractivity (Wildman–Crippen MR) is 62.6 cm³/mol. The fraction of sp³-hybridized carbons (Fsp3) is 0.833. The molecule has 1 unspecified atom stereocenters. The molecule has 5 nitrogen and oxygen atoms in total. The maximum atomic E-state index is 11.3. The van der Waals surface area contributed by atoms with E-state index >= 15 is 0 Å². The molecule has 1 fully saturated rings. The van der Waals surface area contributed by atoms with Gasteiger partial charge in [0.05, 0.1) is 13.2 Å². The number of amides is 1. The van der Waals surface area contributed by atoms with Crippen molar-refractivity contribution in [1.82, 2.24) is 5.32 Å². The molecule has 1 rings (SSSR count). The average molecular weight is 243 g/mol. The summed E-state index contributed by atoms with van der Waals surface area (Å²) in [6, 6.07) is 0. The van der Waals surface area contributed by atoms with Crippen molar-refractivity contribution < 1.29 is 19.1 Å². The summed E-state index contributed by atoms with van der Waals surface area (Å²) in [6.07, 6.45) is 4.10. The minimum atomic E-state index is -0.623. The topological polar surface area (TPSA) is 64.6 Å². The van der Waals surface area contributed by atoms with E-state index in [1.807, 2.05) is 0 Å². The van der Waals surface area contributed by atoms with Gasteiger partial charge in [0.2, 0.25) is 5.91 Å². The summed E-state index contributed by atoms with van der Waals surface area (Å²) in [5.74, 6) is 0.0208. The van der Waals surface area contributed by atoms with Crippen molar-refractivity contribution in [3.63, 3.8) is 0 Å². The highest BCUT2D eigenvalue weighted by Crippen LogP contribution is 2.09. The number of hydrogen-bond donors (Lipinski definition) is 1. The lowest BCUT2D eigenvalue weighted by Crippen LogP contribution is -2.32. The van der Waals surface area contributed by atoms with Crippen LogP contribution in [-0.4, -0.2) is 31.3 Å². The highest BCUT2D eigenvalue weighted by atomic mass is 16.7. The van der Waals surface area contributed by atoms with Gasteiger partial charge in [-0.1, -0.05) is 19.8 Å². The van der Waals surface area contributed by atoms with Gasteiger partial charge in [-0.15, -0.1) is 0 Å². The number of hydrogen-bond acceptors (Lipinski definition) is 4. The largest absolute Gasteiger partial charge is 0.508 e. The predicted octanol–water partition coefficient (Wildman–Crippen LogP) is 2.00. The van der Waals surface area contributed by atoms with Crippen LogP contribution in [0.2, 0.25) is 0 Å². The minimum Gasteiger partial charge on any atom is -0.434 e. The summed E-state index contributed by atoms with van der Waals surface area (Å²) in [6.45, 7) is 2.89. The molecule has 1 atom stereocenters. The number of ether oxygens (including phenoxy) is 2. The van der Waals surface area contributed by atoms with Crippen LogP contribution in [-0.2, 0) is 14.3 Å². The fourth-order valence-corrected chi connectivity index (χ4v) is 1.69. The molecule has 0 aromatic heterocycles. The second kappa shape index (κ2) is 7.92. The van der Waals surface area contributed by atoms with Crippen LogP contribution in [0.5, 0.6) is 0 Å². The van der Waals surface area contributed by atoms with Crippen LogP contribution in [0.3, 0.4) is 0 Å². The Morgan fingerprint density at radius 3 is 3.06 bits per heavy atom. The SMILES string of the molecule is CCCCCOC(=O)OC1CCCC(=O)NC1. The molecule has 0 spiro atoms. The fourth-order valence-electron chi connectivity index (χ4n) is 1.69. The number of unbranched alkanes of at least 4 members (excludes halogenated alkanes) is 2. The average Bonchev–Trinajstić information content (AvgIpc) is 2.50. The summed E-state index contributed by atoms with van der Waals surface area (Å²) in [7, 11) is 0. The Morgan fingerprint density at radius 2 is 2.29 bits per heavy atom. The van der Waals surface area contributed by atoms with Crippen molar-refractivity contribution >= 4 is 12.1 Å². The molecule has 1 amide bonds. The van der Waals surface area contributed by atoms with Crippen molar-refractivity contribution in [3.8, 4) is 0 Å². The Labute approximate surface area is 102 Å². The minimum absolute atomic E-state index is 0.0208. The smallest absolute Gasteiger partial charge is 0.434 e. The van der Waals surface area contributed by atoms with E-state index in [1.54, 1.807) is 0 Å². The molecule has 1 heterocycles. The maximum absolute atomic E-state index is 11.3. The summed E-state index contributed by atoms with van der Waals surface area (Å²) < 4.78 is 10.1. The second-order valence-electron chi connectivity index (χ2n) is 4.24. The molecule has 0 bridgehead atoms. The van der Waals surface area contributed by atoms with E-state index in [4.69, 9.17) is 9.47 Å². The van der Waals surface area contributed by atoms with Gasteiger partial charge in [-0.25, -0.2) is 4.79 Å². The van der Waals surface area contributed by atoms with Crippen LogP contribution in [0, 0.1) is 0 Å². The summed E-state index contributed by atoms with van der Waals surface area (Å²) in [4.78, 5) is 22.4. The monoisotopic (exact) mass is 243 g/mol. The van der Waals surface area contributed by atoms with Gasteiger partial charge < -0.3 is 14.8 Å². The molecule has 0 aromatic carbocycles. The number of rotatable bonds is 5. The molecule has 1 N–H and O–H groups in total. The molecule has 1 aliphatic rings. The van der Waals surface area contributed by atoms with E-state index in [9.17, 15) is 9.59 Å². The lowest BCUT2D eigenvalue weighted by Gasteiger charge is -2.14. The Hall–Kier alpha value is -1.26. The first kappa shape index (κ1) is 13.8. The molecule has 0 aliphatic carbocycles. The van der Waals surface area contributed by atoms with E-state index in [1.165, 1.54) is 0 Å². The highest BCUT2D eigenvalue weighted by Gasteiger charge is 2.19. The van der Waals surface area contributed by atoms with Crippen LogP contribution in [0.15, 0.2) is 0 Å². The van der Waals surface area contributed by atoms with Crippen molar-refractivity contribution in [2.45, 2.75) is 51.6 Å². The van der Waals surface area contributed by atoms with Crippen LogP contribution >= 0.6 is 0 Å². The zero-order valence-electron chi connectivity index (χ0n) is 10.4.